The van der Waals surface area contributed by atoms with Crippen molar-refractivity contribution in [3.63, 3.8) is 0 Å². The minimum Gasteiger partial charge on any atom is -0.454 e. The van der Waals surface area contributed by atoms with Gasteiger partial charge in [-0.15, -0.1) is 11.3 Å². The molecule has 0 radical (unpaired) electrons. The van der Waals surface area contributed by atoms with E-state index in [9.17, 15) is 0 Å². The number of thiophene rings is 1. The van der Waals surface area contributed by atoms with Crippen molar-refractivity contribution in [3.05, 3.63) is 170 Å². The summed E-state index contributed by atoms with van der Waals surface area (Å²) >= 11 is 1.74. The number of aromatic nitrogens is 1. The molecule has 3 nitrogen and oxygen atoms in total. The molecule has 3 heterocycles. The average Bonchev–Trinajstić information content (AvgIpc) is 3.74. The van der Waals surface area contributed by atoms with Crippen molar-refractivity contribution in [1.82, 2.24) is 4.98 Å². The van der Waals surface area contributed by atoms with E-state index < -0.39 is 0 Å². The van der Waals surface area contributed by atoms with E-state index in [4.69, 9.17) is 9.40 Å². The van der Waals surface area contributed by atoms with E-state index in [2.05, 4.69) is 157 Å². The van der Waals surface area contributed by atoms with Crippen LogP contribution in [-0.2, 0) is 0 Å². The summed E-state index contributed by atoms with van der Waals surface area (Å²) in [5, 5.41) is 7.16. The molecule has 3 aromatic heterocycles. The molecular weight excluding hydrogens is 617 g/mol. The fourth-order valence-electron chi connectivity index (χ4n) is 7.08. The van der Waals surface area contributed by atoms with Crippen LogP contribution in [0.1, 0.15) is 0 Å². The Bertz CT molecular complexity index is 2830. The molecule has 0 aliphatic carbocycles. The smallest absolute Gasteiger partial charge is 0.159 e. The molecule has 49 heavy (non-hydrogen) atoms. The van der Waals surface area contributed by atoms with E-state index in [0.717, 1.165) is 55.0 Å². The predicted molar refractivity (Wildman–Crippen MR) is 207 cm³/mol. The van der Waals surface area contributed by atoms with Gasteiger partial charge in [-0.05, 0) is 82.1 Å². The largest absolute Gasteiger partial charge is 0.454 e. The zero-order chi connectivity index (χ0) is 32.3. The second kappa shape index (κ2) is 11.2. The lowest BCUT2D eigenvalue weighted by Gasteiger charge is -2.26. The number of fused-ring (bicyclic) bond motifs is 7. The van der Waals surface area contributed by atoms with Gasteiger partial charge in [0.1, 0.15) is 10.4 Å². The zero-order valence-electron chi connectivity index (χ0n) is 26.4. The highest BCUT2D eigenvalue weighted by atomic mass is 32.1. The van der Waals surface area contributed by atoms with Crippen molar-refractivity contribution in [2.24, 2.45) is 0 Å². The van der Waals surface area contributed by atoms with Crippen LogP contribution in [0.2, 0.25) is 0 Å². The van der Waals surface area contributed by atoms with Gasteiger partial charge in [-0.25, -0.2) is 4.98 Å². The summed E-state index contributed by atoms with van der Waals surface area (Å²) in [4.78, 5) is 8.21. The molecule has 0 atom stereocenters. The van der Waals surface area contributed by atoms with Crippen LogP contribution < -0.4 is 4.90 Å². The number of rotatable bonds is 5. The summed E-state index contributed by atoms with van der Waals surface area (Å²) < 4.78 is 7.82. The summed E-state index contributed by atoms with van der Waals surface area (Å²) in [5.41, 5.74) is 9.45. The van der Waals surface area contributed by atoms with Crippen LogP contribution in [0.15, 0.2) is 174 Å². The van der Waals surface area contributed by atoms with Gasteiger partial charge in [-0.3, -0.25) is 0 Å². The van der Waals surface area contributed by atoms with E-state index in [1.165, 1.54) is 37.4 Å². The summed E-state index contributed by atoms with van der Waals surface area (Å²) in [6.45, 7) is 0. The molecular formula is C45H28N2OS. The first-order chi connectivity index (χ1) is 24.3. The van der Waals surface area contributed by atoms with Gasteiger partial charge < -0.3 is 9.32 Å². The second-order valence-corrected chi connectivity index (χ2v) is 13.4. The Labute approximate surface area is 286 Å². The van der Waals surface area contributed by atoms with Gasteiger partial charge in [-0.2, -0.15) is 0 Å². The maximum atomic E-state index is 6.55. The third-order valence-corrected chi connectivity index (χ3v) is 10.6. The number of nitrogens with zero attached hydrogens (tertiary/aromatic N) is 2. The number of para-hydroxylation sites is 2. The minimum absolute atomic E-state index is 0.866. The zero-order valence-corrected chi connectivity index (χ0v) is 27.2. The lowest BCUT2D eigenvalue weighted by Crippen LogP contribution is -2.10. The first-order valence-electron chi connectivity index (χ1n) is 16.4. The van der Waals surface area contributed by atoms with Crippen molar-refractivity contribution in [3.8, 4) is 22.3 Å². The Morgan fingerprint density at radius 3 is 1.94 bits per heavy atom. The molecule has 0 bridgehead atoms. The van der Waals surface area contributed by atoms with Crippen molar-refractivity contribution in [1.29, 1.82) is 0 Å². The molecule has 230 valence electrons. The Kier molecular flexibility index (Phi) is 6.36. The third kappa shape index (κ3) is 4.68. The van der Waals surface area contributed by atoms with Crippen LogP contribution in [0.25, 0.3) is 75.3 Å². The molecule has 0 spiro atoms. The summed E-state index contributed by atoms with van der Waals surface area (Å²) in [6.07, 6.45) is 1.99. The second-order valence-electron chi connectivity index (χ2n) is 12.4. The Hall–Kier alpha value is -6.23. The van der Waals surface area contributed by atoms with Gasteiger partial charge in [0.15, 0.2) is 5.58 Å². The van der Waals surface area contributed by atoms with Gasteiger partial charge in [0.25, 0.3) is 0 Å². The molecule has 0 amide bonds. The highest BCUT2D eigenvalue weighted by molar-refractivity contribution is 7.25. The Morgan fingerprint density at radius 2 is 1.12 bits per heavy atom. The molecule has 0 aliphatic rings. The number of furan rings is 1. The Balaban J connectivity index is 1.09. The minimum atomic E-state index is 0.866. The van der Waals surface area contributed by atoms with E-state index in [-0.39, 0.29) is 0 Å². The molecule has 4 heteroatoms. The average molecular weight is 645 g/mol. The van der Waals surface area contributed by atoms with Gasteiger partial charge >= 0.3 is 0 Å². The van der Waals surface area contributed by atoms with E-state index in [1.807, 2.05) is 18.3 Å². The summed E-state index contributed by atoms with van der Waals surface area (Å²) in [7, 11) is 0. The molecule has 10 aromatic rings. The van der Waals surface area contributed by atoms with Crippen LogP contribution in [0, 0.1) is 0 Å². The van der Waals surface area contributed by atoms with E-state index in [0.29, 0.717) is 0 Å². The molecule has 0 saturated carbocycles. The third-order valence-electron chi connectivity index (χ3n) is 9.53. The van der Waals surface area contributed by atoms with Crippen LogP contribution in [0.4, 0.5) is 17.1 Å². The van der Waals surface area contributed by atoms with Crippen LogP contribution >= 0.6 is 11.3 Å². The maximum absolute atomic E-state index is 6.55. The van der Waals surface area contributed by atoms with Gasteiger partial charge in [0.05, 0.1) is 5.69 Å². The highest BCUT2D eigenvalue weighted by Crippen LogP contribution is 2.43. The molecule has 0 aliphatic heterocycles. The molecule has 10 rings (SSSR count). The normalized spacial score (nSPS) is 11.7. The SMILES string of the molecule is c1ccc2cc(-c3ccc(N(c4ccc(-c5cnc6sc7ccccc7c6c5)cc4)c4cccc5c4oc4ccccc45)cc3)ccc2c1. The van der Waals surface area contributed by atoms with Crippen molar-refractivity contribution < 1.29 is 4.42 Å². The van der Waals surface area contributed by atoms with Crippen molar-refractivity contribution in [2.75, 3.05) is 4.90 Å². The van der Waals surface area contributed by atoms with Crippen LogP contribution in [0.5, 0.6) is 0 Å². The van der Waals surface area contributed by atoms with Crippen molar-refractivity contribution in [2.45, 2.75) is 0 Å². The van der Waals surface area contributed by atoms with Crippen LogP contribution in [0.3, 0.4) is 0 Å². The fourth-order valence-corrected chi connectivity index (χ4v) is 8.10. The number of anilines is 3. The maximum Gasteiger partial charge on any atom is 0.159 e. The number of hydrogen-bond donors (Lipinski definition) is 0. The lowest BCUT2D eigenvalue weighted by atomic mass is 10.0. The molecule has 0 saturated heterocycles. The van der Waals surface area contributed by atoms with E-state index >= 15 is 0 Å². The molecule has 0 fully saturated rings. The predicted octanol–water partition coefficient (Wildman–Crippen LogP) is 13.3. The van der Waals surface area contributed by atoms with Crippen molar-refractivity contribution >= 4 is 81.4 Å². The molecule has 7 aromatic carbocycles. The standard InChI is InChI=1S/C45H28N2OS/c1-2-9-32-26-33(17-16-29(32)8-1)30-18-22-35(23-19-30)47(41-13-7-12-39-37-10-3-5-14-42(37)48-44(39)41)36-24-20-31(21-25-36)34-27-40-38-11-4-6-15-43(38)49-45(40)46-28-34/h1-28H. The Morgan fingerprint density at radius 1 is 0.469 bits per heavy atom. The van der Waals surface area contributed by atoms with Gasteiger partial charge in [0, 0.05) is 49.4 Å². The number of hydrogen-bond acceptors (Lipinski definition) is 4. The monoisotopic (exact) mass is 644 g/mol. The summed E-state index contributed by atoms with van der Waals surface area (Å²) in [6, 6.07) is 58.3. The van der Waals surface area contributed by atoms with Gasteiger partial charge in [-0.1, -0.05) is 109 Å². The number of benzene rings is 7. The highest BCUT2D eigenvalue weighted by Gasteiger charge is 2.20. The lowest BCUT2D eigenvalue weighted by molar-refractivity contribution is 0.669. The molecule has 0 unspecified atom stereocenters. The first-order valence-corrected chi connectivity index (χ1v) is 17.3. The quantitative estimate of drug-likeness (QED) is 0.187. The fraction of sp³-hybridized carbons (Fsp3) is 0. The molecule has 0 N–H and O–H groups in total. The van der Waals surface area contributed by atoms with Crippen LogP contribution in [-0.4, -0.2) is 4.98 Å². The topological polar surface area (TPSA) is 29.3 Å². The van der Waals surface area contributed by atoms with E-state index in [1.54, 1.807) is 11.3 Å². The van der Waals surface area contributed by atoms with Gasteiger partial charge in [0.2, 0.25) is 0 Å². The number of pyridine rings is 1. The summed E-state index contributed by atoms with van der Waals surface area (Å²) in [5.74, 6) is 0. The first kappa shape index (κ1) is 27.8.